The predicted octanol–water partition coefficient (Wildman–Crippen LogP) is 4.11. The Morgan fingerprint density at radius 1 is 1.38 bits per heavy atom. The van der Waals surface area contributed by atoms with E-state index in [0.717, 1.165) is 22.1 Å². The highest BCUT2D eigenvalue weighted by Crippen LogP contribution is 2.29. The van der Waals surface area contributed by atoms with Crippen molar-refractivity contribution < 1.29 is 0 Å². The van der Waals surface area contributed by atoms with Crippen LogP contribution in [0.5, 0.6) is 0 Å². The van der Waals surface area contributed by atoms with Gasteiger partial charge in [-0.05, 0) is 18.2 Å². The molecule has 0 spiro atoms. The standard InChI is InChI=1S/C10H8Cl2S/c1-2-3-6-13-10-7-8(11)4-5-9(10)12/h1,4-5,7H,3,6H2. The molecule has 0 atom stereocenters. The number of hydrogen-bond donors (Lipinski definition) is 0. The van der Waals surface area contributed by atoms with Crippen LogP contribution in [0.25, 0.3) is 0 Å². The van der Waals surface area contributed by atoms with Crippen LogP contribution in [0.15, 0.2) is 23.1 Å². The van der Waals surface area contributed by atoms with Crippen LogP contribution in [0.4, 0.5) is 0 Å². The zero-order valence-corrected chi connectivity index (χ0v) is 9.22. The Labute approximate surface area is 92.6 Å². The molecule has 0 aliphatic rings. The molecule has 0 unspecified atom stereocenters. The molecule has 0 amide bonds. The van der Waals surface area contributed by atoms with Gasteiger partial charge in [0.05, 0.1) is 5.02 Å². The molecular formula is C10H8Cl2S. The number of thioether (sulfide) groups is 1. The summed E-state index contributed by atoms with van der Waals surface area (Å²) < 4.78 is 0. The molecule has 0 bridgehead atoms. The maximum atomic E-state index is 5.94. The molecule has 0 fully saturated rings. The van der Waals surface area contributed by atoms with Gasteiger partial charge in [0.15, 0.2) is 0 Å². The van der Waals surface area contributed by atoms with Gasteiger partial charge in [0.1, 0.15) is 0 Å². The van der Waals surface area contributed by atoms with E-state index in [2.05, 4.69) is 5.92 Å². The molecule has 0 saturated carbocycles. The van der Waals surface area contributed by atoms with Crippen LogP contribution < -0.4 is 0 Å². The fraction of sp³-hybridized carbons (Fsp3) is 0.200. The lowest BCUT2D eigenvalue weighted by molar-refractivity contribution is 1.29. The SMILES string of the molecule is C#CCCSc1cc(Cl)ccc1Cl. The summed E-state index contributed by atoms with van der Waals surface area (Å²) in [6.07, 6.45) is 5.88. The summed E-state index contributed by atoms with van der Waals surface area (Å²) in [7, 11) is 0. The quantitative estimate of drug-likeness (QED) is 0.428. The van der Waals surface area contributed by atoms with Crippen molar-refractivity contribution in [2.45, 2.75) is 11.3 Å². The average Bonchev–Trinajstić information content (AvgIpc) is 2.11. The van der Waals surface area contributed by atoms with Crippen molar-refractivity contribution in [1.29, 1.82) is 0 Å². The molecule has 0 saturated heterocycles. The first kappa shape index (κ1) is 10.8. The van der Waals surface area contributed by atoms with Gasteiger partial charge in [0, 0.05) is 22.1 Å². The first-order valence-electron chi connectivity index (χ1n) is 3.75. The molecule has 1 aromatic carbocycles. The fourth-order valence-corrected chi connectivity index (χ4v) is 2.18. The van der Waals surface area contributed by atoms with E-state index in [9.17, 15) is 0 Å². The van der Waals surface area contributed by atoms with Crippen molar-refractivity contribution >= 4 is 35.0 Å². The van der Waals surface area contributed by atoms with Gasteiger partial charge in [-0.15, -0.1) is 24.1 Å². The van der Waals surface area contributed by atoms with E-state index in [1.807, 2.05) is 6.07 Å². The monoisotopic (exact) mass is 230 g/mol. The molecule has 13 heavy (non-hydrogen) atoms. The van der Waals surface area contributed by atoms with Crippen molar-refractivity contribution in [3.63, 3.8) is 0 Å². The third kappa shape index (κ3) is 3.52. The second-order valence-corrected chi connectivity index (χ2v) is 4.36. The molecular weight excluding hydrogens is 223 g/mol. The maximum Gasteiger partial charge on any atom is 0.0542 e. The molecule has 68 valence electrons. The largest absolute Gasteiger partial charge is 0.124 e. The van der Waals surface area contributed by atoms with Crippen LogP contribution in [-0.2, 0) is 0 Å². The first-order chi connectivity index (χ1) is 6.24. The zero-order valence-electron chi connectivity index (χ0n) is 6.89. The smallest absolute Gasteiger partial charge is 0.0542 e. The number of terminal acetylenes is 1. The number of rotatable bonds is 3. The summed E-state index contributed by atoms with van der Waals surface area (Å²) in [6.45, 7) is 0. The lowest BCUT2D eigenvalue weighted by Gasteiger charge is -2.02. The van der Waals surface area contributed by atoms with Gasteiger partial charge in [-0.2, -0.15) is 0 Å². The van der Waals surface area contributed by atoms with Crippen LogP contribution in [-0.4, -0.2) is 5.75 Å². The lowest BCUT2D eigenvalue weighted by atomic mass is 10.4. The predicted molar refractivity (Wildman–Crippen MR) is 60.6 cm³/mol. The molecule has 0 radical (unpaired) electrons. The molecule has 3 heteroatoms. The summed E-state index contributed by atoms with van der Waals surface area (Å²) >= 11 is 13.4. The molecule has 0 aliphatic heterocycles. The number of benzene rings is 1. The third-order valence-electron chi connectivity index (χ3n) is 1.40. The van der Waals surface area contributed by atoms with Gasteiger partial charge in [-0.1, -0.05) is 23.2 Å². The van der Waals surface area contributed by atoms with Crippen molar-refractivity contribution in [3.8, 4) is 12.3 Å². The zero-order chi connectivity index (χ0) is 9.68. The number of halogens is 2. The molecule has 0 nitrogen and oxygen atoms in total. The van der Waals surface area contributed by atoms with E-state index in [-0.39, 0.29) is 0 Å². The van der Waals surface area contributed by atoms with Gasteiger partial charge in [-0.3, -0.25) is 0 Å². The van der Waals surface area contributed by atoms with Gasteiger partial charge in [0.25, 0.3) is 0 Å². The minimum Gasteiger partial charge on any atom is -0.124 e. The van der Waals surface area contributed by atoms with Gasteiger partial charge in [-0.25, -0.2) is 0 Å². The second kappa shape index (κ2) is 5.44. The first-order valence-corrected chi connectivity index (χ1v) is 5.49. The maximum absolute atomic E-state index is 5.94. The van der Waals surface area contributed by atoms with Crippen molar-refractivity contribution in [2.75, 3.05) is 5.75 Å². The highest BCUT2D eigenvalue weighted by Gasteiger charge is 2.00. The lowest BCUT2D eigenvalue weighted by Crippen LogP contribution is -1.78. The van der Waals surface area contributed by atoms with E-state index in [4.69, 9.17) is 29.6 Å². The van der Waals surface area contributed by atoms with Gasteiger partial charge >= 0.3 is 0 Å². The van der Waals surface area contributed by atoms with Crippen LogP contribution in [0, 0.1) is 12.3 Å². The minimum atomic E-state index is 0.701. The highest BCUT2D eigenvalue weighted by atomic mass is 35.5. The summed E-state index contributed by atoms with van der Waals surface area (Å²) in [5.41, 5.74) is 0. The van der Waals surface area contributed by atoms with Crippen molar-refractivity contribution in [1.82, 2.24) is 0 Å². The fourth-order valence-electron chi connectivity index (χ4n) is 0.808. The van der Waals surface area contributed by atoms with Crippen molar-refractivity contribution in [3.05, 3.63) is 28.2 Å². The number of hydrogen-bond acceptors (Lipinski definition) is 1. The molecule has 0 aromatic heterocycles. The van der Waals surface area contributed by atoms with Gasteiger partial charge in [0.2, 0.25) is 0 Å². The Hall–Kier alpha value is -0.290. The summed E-state index contributed by atoms with van der Waals surface area (Å²) in [5, 5.41) is 1.43. The summed E-state index contributed by atoms with van der Waals surface area (Å²) in [6, 6.07) is 5.42. The molecule has 0 N–H and O–H groups in total. The molecule has 1 aromatic rings. The van der Waals surface area contributed by atoms with E-state index in [1.54, 1.807) is 23.9 Å². The van der Waals surface area contributed by atoms with Crippen LogP contribution in [0.1, 0.15) is 6.42 Å². The normalized spacial score (nSPS) is 9.62. The van der Waals surface area contributed by atoms with E-state index in [1.165, 1.54) is 0 Å². The van der Waals surface area contributed by atoms with Crippen LogP contribution in [0.3, 0.4) is 0 Å². The third-order valence-corrected chi connectivity index (χ3v) is 3.13. The minimum absolute atomic E-state index is 0.701. The summed E-state index contributed by atoms with van der Waals surface area (Å²) in [4.78, 5) is 0.990. The highest BCUT2D eigenvalue weighted by molar-refractivity contribution is 7.99. The average molecular weight is 231 g/mol. The Morgan fingerprint density at radius 2 is 2.15 bits per heavy atom. The van der Waals surface area contributed by atoms with Crippen LogP contribution in [0.2, 0.25) is 10.0 Å². The Kier molecular flexibility index (Phi) is 4.52. The second-order valence-electron chi connectivity index (χ2n) is 2.38. The van der Waals surface area contributed by atoms with E-state index in [0.29, 0.717) is 5.02 Å². The Bertz CT molecular complexity index is 328. The van der Waals surface area contributed by atoms with Crippen molar-refractivity contribution in [2.24, 2.45) is 0 Å². The van der Waals surface area contributed by atoms with Crippen LogP contribution >= 0.6 is 35.0 Å². The van der Waals surface area contributed by atoms with Gasteiger partial charge < -0.3 is 0 Å². The topological polar surface area (TPSA) is 0 Å². The summed E-state index contributed by atoms with van der Waals surface area (Å²) in [5.74, 6) is 3.45. The Morgan fingerprint density at radius 3 is 2.85 bits per heavy atom. The molecule has 0 heterocycles. The molecule has 1 rings (SSSR count). The van der Waals surface area contributed by atoms with E-state index < -0.39 is 0 Å². The molecule has 0 aliphatic carbocycles. The Balaban J connectivity index is 2.65. The van der Waals surface area contributed by atoms with E-state index >= 15 is 0 Å².